The van der Waals surface area contributed by atoms with Crippen molar-refractivity contribution < 1.29 is 9.53 Å². The summed E-state index contributed by atoms with van der Waals surface area (Å²) in [5.41, 5.74) is 0. The predicted molar refractivity (Wildman–Crippen MR) is 59.8 cm³/mol. The zero-order valence-electron chi connectivity index (χ0n) is 9.79. The minimum absolute atomic E-state index is 0.234. The van der Waals surface area contributed by atoms with Crippen LogP contribution in [0.4, 0.5) is 0 Å². The number of hydrogen-bond acceptors (Lipinski definition) is 3. The summed E-state index contributed by atoms with van der Waals surface area (Å²) in [6.45, 7) is 4.95. The lowest BCUT2D eigenvalue weighted by Crippen LogP contribution is -2.39. The van der Waals surface area contributed by atoms with Crippen LogP contribution in [0, 0.1) is 0 Å². The van der Waals surface area contributed by atoms with Gasteiger partial charge in [-0.2, -0.15) is 0 Å². The average Bonchev–Trinajstić information content (AvgIpc) is 3.03. The van der Waals surface area contributed by atoms with Crippen LogP contribution >= 0.6 is 0 Å². The zero-order valence-corrected chi connectivity index (χ0v) is 9.79. The molecule has 0 aromatic heterocycles. The van der Waals surface area contributed by atoms with Crippen LogP contribution < -0.4 is 5.32 Å². The van der Waals surface area contributed by atoms with Crippen molar-refractivity contribution in [3.63, 3.8) is 0 Å². The fourth-order valence-electron chi connectivity index (χ4n) is 1.66. The Morgan fingerprint density at radius 2 is 2.27 bits per heavy atom. The van der Waals surface area contributed by atoms with Gasteiger partial charge in [-0.1, -0.05) is 0 Å². The summed E-state index contributed by atoms with van der Waals surface area (Å²) in [5.74, 6) is 0.234. The first kappa shape index (κ1) is 12.5. The molecule has 4 heteroatoms. The van der Waals surface area contributed by atoms with Gasteiger partial charge in [0.2, 0.25) is 5.91 Å². The maximum Gasteiger partial charge on any atom is 0.236 e. The summed E-state index contributed by atoms with van der Waals surface area (Å²) < 4.78 is 4.93. The molecule has 0 unspecified atom stereocenters. The Morgan fingerprint density at radius 3 is 2.80 bits per heavy atom. The number of nitrogens with zero attached hydrogens (tertiary/aromatic N) is 1. The lowest BCUT2D eigenvalue weighted by molar-refractivity contribution is -0.130. The number of carbonyl (C=O) groups excluding carboxylic acids is 1. The second-order valence-electron chi connectivity index (χ2n) is 3.93. The van der Waals surface area contributed by atoms with Crippen LogP contribution in [0.15, 0.2) is 0 Å². The van der Waals surface area contributed by atoms with Crippen LogP contribution in [0.5, 0.6) is 0 Å². The molecule has 1 N–H and O–H groups in total. The molecule has 1 aliphatic carbocycles. The van der Waals surface area contributed by atoms with Gasteiger partial charge in [0.05, 0.1) is 6.54 Å². The largest absolute Gasteiger partial charge is 0.385 e. The quantitative estimate of drug-likeness (QED) is 0.602. The smallest absolute Gasteiger partial charge is 0.236 e. The summed E-state index contributed by atoms with van der Waals surface area (Å²) >= 11 is 0. The van der Waals surface area contributed by atoms with Gasteiger partial charge in [0.15, 0.2) is 0 Å². The molecule has 15 heavy (non-hydrogen) atoms. The van der Waals surface area contributed by atoms with E-state index in [1.54, 1.807) is 7.11 Å². The molecule has 0 saturated heterocycles. The highest BCUT2D eigenvalue weighted by Gasteiger charge is 2.30. The Bertz CT molecular complexity index is 193. The van der Waals surface area contributed by atoms with Crippen molar-refractivity contribution in [1.29, 1.82) is 0 Å². The molecule has 4 nitrogen and oxygen atoms in total. The molecular formula is C11H22N2O2. The van der Waals surface area contributed by atoms with E-state index < -0.39 is 0 Å². The van der Waals surface area contributed by atoms with Crippen molar-refractivity contribution in [3.05, 3.63) is 0 Å². The van der Waals surface area contributed by atoms with E-state index in [9.17, 15) is 4.79 Å². The molecule has 0 atom stereocenters. The number of likely N-dealkylation sites (N-methyl/N-ethyl adjacent to an activating group) is 1. The van der Waals surface area contributed by atoms with E-state index in [4.69, 9.17) is 4.74 Å². The number of rotatable bonds is 8. The van der Waals surface area contributed by atoms with E-state index in [1.807, 2.05) is 11.8 Å². The van der Waals surface area contributed by atoms with Crippen molar-refractivity contribution >= 4 is 5.91 Å². The normalized spacial score (nSPS) is 15.3. The number of methoxy groups -OCH3 is 1. The van der Waals surface area contributed by atoms with Crippen molar-refractivity contribution in [3.8, 4) is 0 Å². The molecule has 0 aromatic carbocycles. The molecule has 0 radical (unpaired) electrons. The van der Waals surface area contributed by atoms with Gasteiger partial charge in [-0.15, -0.1) is 0 Å². The van der Waals surface area contributed by atoms with Crippen molar-refractivity contribution in [2.24, 2.45) is 0 Å². The lowest BCUT2D eigenvalue weighted by Gasteiger charge is -2.20. The topological polar surface area (TPSA) is 41.6 Å². The highest BCUT2D eigenvalue weighted by Crippen LogP contribution is 2.26. The van der Waals surface area contributed by atoms with Crippen LogP contribution in [0.25, 0.3) is 0 Å². The molecule has 1 amide bonds. The van der Waals surface area contributed by atoms with Gasteiger partial charge in [-0.05, 0) is 32.7 Å². The van der Waals surface area contributed by atoms with Crippen molar-refractivity contribution in [1.82, 2.24) is 10.2 Å². The van der Waals surface area contributed by atoms with Gasteiger partial charge in [0, 0.05) is 26.3 Å². The van der Waals surface area contributed by atoms with Gasteiger partial charge in [-0.3, -0.25) is 4.79 Å². The standard InChI is InChI=1S/C11H22N2O2/c1-3-13(10-5-6-10)11(14)9-12-7-4-8-15-2/h10,12H,3-9H2,1-2H3. The molecule has 1 fully saturated rings. The van der Waals surface area contributed by atoms with Crippen LogP contribution in [0.1, 0.15) is 26.2 Å². The van der Waals surface area contributed by atoms with E-state index in [0.29, 0.717) is 12.6 Å². The van der Waals surface area contributed by atoms with E-state index in [1.165, 1.54) is 12.8 Å². The third-order valence-corrected chi connectivity index (χ3v) is 2.63. The van der Waals surface area contributed by atoms with E-state index in [-0.39, 0.29) is 5.91 Å². The number of carbonyl (C=O) groups is 1. The van der Waals surface area contributed by atoms with Crippen LogP contribution in [-0.2, 0) is 9.53 Å². The number of ether oxygens (including phenoxy) is 1. The molecule has 0 bridgehead atoms. The molecule has 1 aliphatic rings. The minimum atomic E-state index is 0.234. The fourth-order valence-corrected chi connectivity index (χ4v) is 1.66. The van der Waals surface area contributed by atoms with E-state index in [2.05, 4.69) is 5.32 Å². The SMILES string of the molecule is CCN(C(=O)CNCCCOC)C1CC1. The Labute approximate surface area is 92.0 Å². The molecule has 0 aliphatic heterocycles. The monoisotopic (exact) mass is 214 g/mol. The van der Waals surface area contributed by atoms with Crippen molar-refractivity contribution in [2.45, 2.75) is 32.2 Å². The fraction of sp³-hybridized carbons (Fsp3) is 0.909. The molecule has 1 rings (SSSR count). The van der Waals surface area contributed by atoms with Crippen LogP contribution in [0.3, 0.4) is 0 Å². The Morgan fingerprint density at radius 1 is 1.53 bits per heavy atom. The van der Waals surface area contributed by atoms with E-state index in [0.717, 1.165) is 26.1 Å². The Balaban J connectivity index is 2.06. The first-order valence-corrected chi connectivity index (χ1v) is 5.78. The van der Waals surface area contributed by atoms with Gasteiger partial charge < -0.3 is 15.0 Å². The minimum Gasteiger partial charge on any atom is -0.385 e. The zero-order chi connectivity index (χ0) is 11.1. The van der Waals surface area contributed by atoms with Crippen LogP contribution in [-0.4, -0.2) is 50.2 Å². The lowest BCUT2D eigenvalue weighted by atomic mass is 10.4. The van der Waals surface area contributed by atoms with Crippen molar-refractivity contribution in [2.75, 3.05) is 33.4 Å². The van der Waals surface area contributed by atoms with Gasteiger partial charge >= 0.3 is 0 Å². The van der Waals surface area contributed by atoms with Gasteiger partial charge in [0.25, 0.3) is 0 Å². The van der Waals surface area contributed by atoms with Gasteiger partial charge in [-0.25, -0.2) is 0 Å². The summed E-state index contributed by atoms with van der Waals surface area (Å²) in [7, 11) is 1.69. The Kier molecular flexibility index (Phi) is 5.65. The average molecular weight is 214 g/mol. The third-order valence-electron chi connectivity index (χ3n) is 2.63. The molecule has 1 saturated carbocycles. The van der Waals surface area contributed by atoms with Crippen LogP contribution in [0.2, 0.25) is 0 Å². The second-order valence-corrected chi connectivity index (χ2v) is 3.93. The predicted octanol–water partition coefficient (Wildman–Crippen LogP) is 0.623. The molecule has 0 aromatic rings. The third kappa shape index (κ3) is 4.62. The first-order valence-electron chi connectivity index (χ1n) is 5.78. The maximum atomic E-state index is 11.7. The molecule has 88 valence electrons. The first-order chi connectivity index (χ1) is 7.29. The summed E-state index contributed by atoms with van der Waals surface area (Å²) in [5, 5.41) is 3.15. The maximum absolute atomic E-state index is 11.7. The molecule has 0 heterocycles. The molecular weight excluding hydrogens is 192 g/mol. The number of amides is 1. The summed E-state index contributed by atoms with van der Waals surface area (Å²) in [6, 6.07) is 0.531. The number of hydrogen-bond donors (Lipinski definition) is 1. The summed E-state index contributed by atoms with van der Waals surface area (Å²) in [4.78, 5) is 13.7. The second kappa shape index (κ2) is 6.80. The Hall–Kier alpha value is -0.610. The number of nitrogens with one attached hydrogen (secondary N) is 1. The molecule has 0 spiro atoms. The van der Waals surface area contributed by atoms with Gasteiger partial charge in [0.1, 0.15) is 0 Å². The van der Waals surface area contributed by atoms with E-state index >= 15 is 0 Å². The highest BCUT2D eigenvalue weighted by molar-refractivity contribution is 5.78. The summed E-state index contributed by atoms with van der Waals surface area (Å²) in [6.07, 6.45) is 3.33. The highest BCUT2D eigenvalue weighted by atomic mass is 16.5.